The van der Waals surface area contributed by atoms with E-state index in [1.165, 1.54) is 6.33 Å². The van der Waals surface area contributed by atoms with Gasteiger partial charge in [0.1, 0.15) is 12.1 Å². The molecule has 18 heavy (non-hydrogen) atoms. The van der Waals surface area contributed by atoms with E-state index in [4.69, 9.17) is 5.73 Å². The fourth-order valence-corrected chi connectivity index (χ4v) is 1.75. The second-order valence-electron chi connectivity index (χ2n) is 3.87. The zero-order chi connectivity index (χ0) is 12.4. The number of hydrogen-bond acceptors (Lipinski definition) is 5. The van der Waals surface area contributed by atoms with Crippen molar-refractivity contribution in [2.45, 2.75) is 0 Å². The molecule has 88 valence electrons. The number of hydrogen-bond donors (Lipinski definition) is 2. The molecule has 2 heterocycles. The quantitative estimate of drug-likeness (QED) is 0.669. The molecule has 3 aromatic rings. The summed E-state index contributed by atoms with van der Waals surface area (Å²) in [5, 5.41) is 4.10. The fraction of sp³-hybridized carbons (Fsp3) is 0. The summed E-state index contributed by atoms with van der Waals surface area (Å²) in [7, 11) is 0. The topological polar surface area (TPSA) is 76.7 Å². The van der Waals surface area contributed by atoms with Gasteiger partial charge >= 0.3 is 0 Å². The van der Waals surface area contributed by atoms with Gasteiger partial charge in [-0.15, -0.1) is 0 Å². The summed E-state index contributed by atoms with van der Waals surface area (Å²) >= 11 is 0. The Labute approximate surface area is 104 Å². The van der Waals surface area contributed by atoms with E-state index in [9.17, 15) is 0 Å². The number of nitrogen functional groups attached to an aromatic ring is 1. The Kier molecular flexibility index (Phi) is 2.49. The van der Waals surface area contributed by atoms with Crippen molar-refractivity contribution in [3.8, 4) is 0 Å². The number of fused-ring (bicyclic) bond motifs is 1. The molecule has 0 radical (unpaired) electrons. The van der Waals surface area contributed by atoms with Crippen LogP contribution >= 0.6 is 0 Å². The van der Waals surface area contributed by atoms with Crippen LogP contribution in [0.15, 0.2) is 49.1 Å². The smallest absolute Gasteiger partial charge is 0.141 e. The molecular weight excluding hydrogens is 226 g/mol. The molecule has 5 nitrogen and oxygen atoms in total. The van der Waals surface area contributed by atoms with Crippen LogP contribution in [0.4, 0.5) is 17.2 Å². The van der Waals surface area contributed by atoms with Crippen molar-refractivity contribution < 1.29 is 0 Å². The van der Waals surface area contributed by atoms with Crippen molar-refractivity contribution in [2.75, 3.05) is 11.1 Å². The standard InChI is InChI=1S/C13H11N5/c14-9-3-4-12-11(6-9)13(17-8-16-12)18-10-2-1-5-15-7-10/h1-8H,14H2,(H,16,17,18). The van der Waals surface area contributed by atoms with Crippen LogP contribution < -0.4 is 11.1 Å². The molecule has 0 amide bonds. The van der Waals surface area contributed by atoms with Gasteiger partial charge in [-0.1, -0.05) is 0 Å². The summed E-state index contributed by atoms with van der Waals surface area (Å²) in [5.74, 6) is 0.723. The Morgan fingerprint density at radius 1 is 1.11 bits per heavy atom. The highest BCUT2D eigenvalue weighted by Gasteiger charge is 2.04. The van der Waals surface area contributed by atoms with E-state index in [-0.39, 0.29) is 0 Å². The van der Waals surface area contributed by atoms with Gasteiger partial charge in [0.15, 0.2) is 0 Å². The van der Waals surface area contributed by atoms with E-state index in [1.807, 2.05) is 30.3 Å². The summed E-state index contributed by atoms with van der Waals surface area (Å²) in [5.41, 5.74) is 8.20. The van der Waals surface area contributed by atoms with Gasteiger partial charge in [-0.2, -0.15) is 0 Å². The van der Waals surface area contributed by atoms with Crippen molar-refractivity contribution >= 4 is 28.1 Å². The third kappa shape index (κ3) is 1.93. The molecule has 0 atom stereocenters. The maximum absolute atomic E-state index is 5.79. The SMILES string of the molecule is Nc1ccc2ncnc(Nc3cccnc3)c2c1. The van der Waals surface area contributed by atoms with Gasteiger partial charge in [0.2, 0.25) is 0 Å². The zero-order valence-electron chi connectivity index (χ0n) is 9.54. The summed E-state index contributed by atoms with van der Waals surface area (Å²) in [6, 6.07) is 9.34. The molecule has 0 fully saturated rings. The molecule has 0 unspecified atom stereocenters. The number of pyridine rings is 1. The molecule has 0 aliphatic heterocycles. The van der Waals surface area contributed by atoms with Crippen molar-refractivity contribution in [2.24, 2.45) is 0 Å². The van der Waals surface area contributed by atoms with Gasteiger partial charge in [0.05, 0.1) is 17.4 Å². The van der Waals surface area contributed by atoms with Gasteiger partial charge in [0, 0.05) is 17.3 Å². The molecule has 0 spiro atoms. The van der Waals surface area contributed by atoms with E-state index < -0.39 is 0 Å². The third-order valence-electron chi connectivity index (χ3n) is 2.58. The molecule has 3 rings (SSSR count). The summed E-state index contributed by atoms with van der Waals surface area (Å²) in [6.07, 6.45) is 4.98. The normalized spacial score (nSPS) is 10.4. The molecule has 2 aromatic heterocycles. The van der Waals surface area contributed by atoms with Crippen LogP contribution in [0.5, 0.6) is 0 Å². The molecule has 1 aromatic carbocycles. The minimum absolute atomic E-state index is 0.687. The predicted octanol–water partition coefficient (Wildman–Crippen LogP) is 2.35. The van der Waals surface area contributed by atoms with Gasteiger partial charge in [-0.3, -0.25) is 4.98 Å². The number of nitrogens with zero attached hydrogens (tertiary/aromatic N) is 3. The van der Waals surface area contributed by atoms with Crippen molar-refractivity contribution in [3.05, 3.63) is 49.1 Å². The molecule has 0 aliphatic rings. The average molecular weight is 237 g/mol. The largest absolute Gasteiger partial charge is 0.399 e. The first-order valence-corrected chi connectivity index (χ1v) is 5.50. The van der Waals surface area contributed by atoms with Crippen molar-refractivity contribution in [1.82, 2.24) is 15.0 Å². The number of nitrogens with two attached hydrogens (primary N) is 1. The van der Waals surface area contributed by atoms with Crippen LogP contribution in [0.1, 0.15) is 0 Å². The lowest BCUT2D eigenvalue weighted by atomic mass is 10.2. The highest BCUT2D eigenvalue weighted by atomic mass is 15.0. The lowest BCUT2D eigenvalue weighted by Gasteiger charge is -2.08. The average Bonchev–Trinajstić information content (AvgIpc) is 2.41. The number of aromatic nitrogens is 3. The van der Waals surface area contributed by atoms with Crippen LogP contribution in [0.25, 0.3) is 10.9 Å². The second-order valence-corrected chi connectivity index (χ2v) is 3.87. The minimum atomic E-state index is 0.687. The monoisotopic (exact) mass is 237 g/mol. The van der Waals surface area contributed by atoms with Crippen molar-refractivity contribution in [3.63, 3.8) is 0 Å². The first kappa shape index (κ1) is 10.5. The number of nitrogens with one attached hydrogen (secondary N) is 1. The third-order valence-corrected chi connectivity index (χ3v) is 2.58. The lowest BCUT2D eigenvalue weighted by Crippen LogP contribution is -1.97. The van der Waals surface area contributed by atoms with Crippen molar-refractivity contribution in [1.29, 1.82) is 0 Å². The van der Waals surface area contributed by atoms with E-state index in [2.05, 4.69) is 20.3 Å². The molecule has 3 N–H and O–H groups in total. The van der Waals surface area contributed by atoms with E-state index in [0.717, 1.165) is 22.4 Å². The molecule has 5 heteroatoms. The van der Waals surface area contributed by atoms with E-state index >= 15 is 0 Å². The van der Waals surface area contributed by atoms with Crippen LogP contribution in [0, 0.1) is 0 Å². The van der Waals surface area contributed by atoms with Gasteiger partial charge < -0.3 is 11.1 Å². The van der Waals surface area contributed by atoms with Crippen LogP contribution in [-0.2, 0) is 0 Å². The fourth-order valence-electron chi connectivity index (χ4n) is 1.75. The Morgan fingerprint density at radius 2 is 2.06 bits per heavy atom. The Morgan fingerprint density at radius 3 is 2.89 bits per heavy atom. The molecule has 0 bridgehead atoms. The highest BCUT2D eigenvalue weighted by Crippen LogP contribution is 2.24. The van der Waals surface area contributed by atoms with Gasteiger partial charge in [-0.05, 0) is 30.3 Å². The summed E-state index contributed by atoms with van der Waals surface area (Å²) < 4.78 is 0. The maximum Gasteiger partial charge on any atom is 0.141 e. The van der Waals surface area contributed by atoms with Gasteiger partial charge in [0.25, 0.3) is 0 Å². The summed E-state index contributed by atoms with van der Waals surface area (Å²) in [4.78, 5) is 12.5. The molecular formula is C13H11N5. The predicted molar refractivity (Wildman–Crippen MR) is 71.5 cm³/mol. The van der Waals surface area contributed by atoms with E-state index in [1.54, 1.807) is 12.4 Å². The number of benzene rings is 1. The first-order chi connectivity index (χ1) is 8.83. The Bertz CT molecular complexity index is 681. The molecule has 0 saturated carbocycles. The first-order valence-electron chi connectivity index (χ1n) is 5.50. The Balaban J connectivity index is 2.09. The molecule has 0 aliphatic carbocycles. The van der Waals surface area contributed by atoms with Crippen LogP contribution in [0.3, 0.4) is 0 Å². The highest BCUT2D eigenvalue weighted by molar-refractivity contribution is 5.92. The maximum atomic E-state index is 5.79. The zero-order valence-corrected chi connectivity index (χ0v) is 9.54. The number of rotatable bonds is 2. The van der Waals surface area contributed by atoms with Crippen LogP contribution in [-0.4, -0.2) is 15.0 Å². The number of anilines is 3. The minimum Gasteiger partial charge on any atom is -0.399 e. The Hall–Kier alpha value is -2.69. The van der Waals surface area contributed by atoms with Gasteiger partial charge in [-0.25, -0.2) is 9.97 Å². The van der Waals surface area contributed by atoms with E-state index in [0.29, 0.717) is 5.69 Å². The lowest BCUT2D eigenvalue weighted by molar-refractivity contribution is 1.21. The summed E-state index contributed by atoms with van der Waals surface area (Å²) in [6.45, 7) is 0. The molecule has 0 saturated heterocycles. The second kappa shape index (κ2) is 4.29. The van der Waals surface area contributed by atoms with Crippen LogP contribution in [0.2, 0.25) is 0 Å².